The maximum atomic E-state index is 9.27. The van der Waals surface area contributed by atoms with Gasteiger partial charge in [-0.2, -0.15) is 0 Å². The van der Waals surface area contributed by atoms with Crippen molar-refractivity contribution in [2.45, 2.75) is 0 Å². The largest absolute Gasteiger partial charge is 0.489 e. The molecule has 2 aromatic rings. The highest BCUT2D eigenvalue weighted by Crippen LogP contribution is 2.20. The molecule has 0 radical (unpaired) electrons. The zero-order valence-electron chi connectivity index (χ0n) is 8.47. The van der Waals surface area contributed by atoms with Crippen molar-refractivity contribution in [3.63, 3.8) is 0 Å². The molecule has 2 N–H and O–H groups in total. The van der Waals surface area contributed by atoms with Crippen LogP contribution in [0.3, 0.4) is 0 Å². The van der Waals surface area contributed by atoms with Crippen LogP contribution in [0.2, 0.25) is 5.02 Å². The Morgan fingerprint density at radius 1 is 0.938 bits per heavy atom. The standard InChI is InChI=1S/C12H10BClO2/c14-10-6-7-12(13(15)16)11(8-10)9-4-2-1-3-5-9/h1-8,15-16H. The first-order valence-electron chi connectivity index (χ1n) is 4.89. The summed E-state index contributed by atoms with van der Waals surface area (Å²) in [4.78, 5) is 0. The lowest BCUT2D eigenvalue weighted by atomic mass is 9.75. The fourth-order valence-corrected chi connectivity index (χ4v) is 1.79. The van der Waals surface area contributed by atoms with Crippen LogP contribution in [0.4, 0.5) is 0 Å². The predicted octanol–water partition coefficient (Wildman–Crippen LogP) is 1.69. The van der Waals surface area contributed by atoms with Crippen molar-refractivity contribution in [1.82, 2.24) is 0 Å². The van der Waals surface area contributed by atoms with Gasteiger partial charge in [0.1, 0.15) is 0 Å². The van der Waals surface area contributed by atoms with Crippen LogP contribution in [-0.2, 0) is 0 Å². The fraction of sp³-hybridized carbons (Fsp3) is 0. The molecular weight excluding hydrogens is 222 g/mol. The van der Waals surface area contributed by atoms with Crippen LogP contribution in [0.25, 0.3) is 11.1 Å². The third kappa shape index (κ3) is 2.27. The second-order valence-electron chi connectivity index (χ2n) is 3.47. The smallest absolute Gasteiger partial charge is 0.423 e. The van der Waals surface area contributed by atoms with Gasteiger partial charge in [0, 0.05) is 5.02 Å². The second kappa shape index (κ2) is 4.70. The van der Waals surface area contributed by atoms with E-state index in [2.05, 4.69) is 0 Å². The molecule has 0 aliphatic rings. The van der Waals surface area contributed by atoms with E-state index >= 15 is 0 Å². The minimum absolute atomic E-state index is 0.454. The summed E-state index contributed by atoms with van der Waals surface area (Å²) in [6.45, 7) is 0. The van der Waals surface area contributed by atoms with Crippen LogP contribution in [0.1, 0.15) is 0 Å². The van der Waals surface area contributed by atoms with E-state index in [1.165, 1.54) is 0 Å². The third-order valence-electron chi connectivity index (χ3n) is 2.38. The van der Waals surface area contributed by atoms with Crippen LogP contribution in [-0.4, -0.2) is 17.2 Å². The van der Waals surface area contributed by atoms with Crippen LogP contribution in [0.15, 0.2) is 48.5 Å². The molecular formula is C12H10BClO2. The Morgan fingerprint density at radius 3 is 2.25 bits per heavy atom. The van der Waals surface area contributed by atoms with Crippen molar-refractivity contribution >= 4 is 24.2 Å². The summed E-state index contributed by atoms with van der Waals surface area (Å²) in [6.07, 6.45) is 0. The maximum Gasteiger partial charge on any atom is 0.489 e. The van der Waals surface area contributed by atoms with E-state index in [0.29, 0.717) is 10.5 Å². The van der Waals surface area contributed by atoms with Crippen molar-refractivity contribution in [3.05, 3.63) is 53.6 Å². The van der Waals surface area contributed by atoms with E-state index in [1.807, 2.05) is 30.3 Å². The molecule has 0 aliphatic carbocycles. The molecule has 2 aromatic carbocycles. The Balaban J connectivity index is 2.58. The molecule has 0 amide bonds. The topological polar surface area (TPSA) is 40.5 Å². The summed E-state index contributed by atoms with van der Waals surface area (Å²) < 4.78 is 0. The van der Waals surface area contributed by atoms with Crippen LogP contribution in [0, 0.1) is 0 Å². The monoisotopic (exact) mass is 232 g/mol. The quantitative estimate of drug-likeness (QED) is 0.774. The van der Waals surface area contributed by atoms with E-state index in [0.717, 1.165) is 11.1 Å². The lowest BCUT2D eigenvalue weighted by molar-refractivity contribution is 0.426. The van der Waals surface area contributed by atoms with Gasteiger partial charge in [0.25, 0.3) is 0 Å². The van der Waals surface area contributed by atoms with Crippen molar-refractivity contribution in [2.75, 3.05) is 0 Å². The van der Waals surface area contributed by atoms with Gasteiger partial charge in [0.15, 0.2) is 0 Å². The van der Waals surface area contributed by atoms with E-state index in [4.69, 9.17) is 11.6 Å². The molecule has 0 atom stereocenters. The highest BCUT2D eigenvalue weighted by atomic mass is 35.5. The van der Waals surface area contributed by atoms with Crippen molar-refractivity contribution < 1.29 is 10.0 Å². The lowest BCUT2D eigenvalue weighted by Gasteiger charge is -2.09. The molecule has 0 unspecified atom stereocenters. The minimum atomic E-state index is -1.49. The van der Waals surface area contributed by atoms with E-state index in [1.54, 1.807) is 18.2 Å². The van der Waals surface area contributed by atoms with Gasteiger partial charge in [-0.05, 0) is 28.7 Å². The van der Waals surface area contributed by atoms with Crippen molar-refractivity contribution in [3.8, 4) is 11.1 Å². The molecule has 2 nitrogen and oxygen atoms in total. The van der Waals surface area contributed by atoms with Gasteiger partial charge in [0.2, 0.25) is 0 Å². The Kier molecular flexibility index (Phi) is 3.29. The van der Waals surface area contributed by atoms with Crippen LogP contribution in [0.5, 0.6) is 0 Å². The molecule has 0 fully saturated rings. The zero-order valence-corrected chi connectivity index (χ0v) is 9.22. The fourth-order valence-electron chi connectivity index (χ4n) is 1.62. The van der Waals surface area contributed by atoms with E-state index in [9.17, 15) is 10.0 Å². The van der Waals surface area contributed by atoms with Gasteiger partial charge >= 0.3 is 7.12 Å². The summed E-state index contributed by atoms with van der Waals surface area (Å²) in [5, 5.41) is 19.1. The molecule has 0 spiro atoms. The summed E-state index contributed by atoms with van der Waals surface area (Å²) in [5.74, 6) is 0. The molecule has 0 aliphatic heterocycles. The Hall–Kier alpha value is -1.29. The van der Waals surface area contributed by atoms with Gasteiger partial charge < -0.3 is 10.0 Å². The summed E-state index contributed by atoms with van der Waals surface area (Å²) in [7, 11) is -1.49. The Morgan fingerprint density at radius 2 is 1.62 bits per heavy atom. The third-order valence-corrected chi connectivity index (χ3v) is 2.61. The van der Waals surface area contributed by atoms with Crippen molar-refractivity contribution in [2.24, 2.45) is 0 Å². The zero-order chi connectivity index (χ0) is 11.5. The van der Waals surface area contributed by atoms with Gasteiger partial charge in [-0.25, -0.2) is 0 Å². The molecule has 0 saturated carbocycles. The number of hydrogen-bond donors (Lipinski definition) is 2. The minimum Gasteiger partial charge on any atom is -0.423 e. The van der Waals surface area contributed by atoms with Crippen molar-refractivity contribution in [1.29, 1.82) is 0 Å². The first-order chi connectivity index (χ1) is 7.68. The molecule has 0 heterocycles. The molecule has 0 saturated heterocycles. The SMILES string of the molecule is OB(O)c1ccc(Cl)cc1-c1ccccc1. The van der Waals surface area contributed by atoms with E-state index < -0.39 is 7.12 Å². The number of hydrogen-bond acceptors (Lipinski definition) is 2. The summed E-state index contributed by atoms with van der Waals surface area (Å²) in [6, 6.07) is 14.5. The van der Waals surface area contributed by atoms with Gasteiger partial charge in [-0.1, -0.05) is 48.0 Å². The lowest BCUT2D eigenvalue weighted by Crippen LogP contribution is -2.31. The maximum absolute atomic E-state index is 9.27. The average Bonchev–Trinajstić information content (AvgIpc) is 2.29. The molecule has 2 rings (SSSR count). The summed E-state index contributed by atoms with van der Waals surface area (Å²) >= 11 is 5.91. The van der Waals surface area contributed by atoms with Gasteiger partial charge in [-0.3, -0.25) is 0 Å². The first-order valence-corrected chi connectivity index (χ1v) is 5.27. The molecule has 16 heavy (non-hydrogen) atoms. The number of halogens is 1. The Labute approximate surface area is 99.3 Å². The van der Waals surface area contributed by atoms with Gasteiger partial charge in [-0.15, -0.1) is 0 Å². The predicted molar refractivity (Wildman–Crippen MR) is 66.7 cm³/mol. The molecule has 0 aromatic heterocycles. The van der Waals surface area contributed by atoms with E-state index in [-0.39, 0.29) is 0 Å². The van der Waals surface area contributed by atoms with Crippen LogP contribution < -0.4 is 5.46 Å². The molecule has 0 bridgehead atoms. The normalized spacial score (nSPS) is 10.2. The Bertz CT molecular complexity index is 486. The first kappa shape index (κ1) is 11.2. The molecule has 80 valence electrons. The van der Waals surface area contributed by atoms with Gasteiger partial charge in [0.05, 0.1) is 0 Å². The number of rotatable bonds is 2. The summed E-state index contributed by atoms with van der Waals surface area (Å²) in [5.41, 5.74) is 2.10. The highest BCUT2D eigenvalue weighted by Gasteiger charge is 2.16. The van der Waals surface area contributed by atoms with Crippen LogP contribution >= 0.6 is 11.6 Å². The molecule has 4 heteroatoms. The average molecular weight is 232 g/mol. The number of benzene rings is 2. The second-order valence-corrected chi connectivity index (χ2v) is 3.91. The highest BCUT2D eigenvalue weighted by molar-refractivity contribution is 6.60.